The van der Waals surface area contributed by atoms with Gasteiger partial charge in [0.15, 0.2) is 5.13 Å². The fourth-order valence-electron chi connectivity index (χ4n) is 2.73. The third-order valence-electron chi connectivity index (χ3n) is 3.82. The summed E-state index contributed by atoms with van der Waals surface area (Å²) in [5, 5.41) is 12.3. The van der Waals surface area contributed by atoms with Crippen molar-refractivity contribution in [3.05, 3.63) is 10.6 Å². The average molecular weight is 326 g/mol. The first-order valence-electron chi connectivity index (χ1n) is 7.13. The van der Waals surface area contributed by atoms with E-state index < -0.39 is 23.6 Å². The Hall–Kier alpha value is -1.63. The Bertz CT molecular complexity index is 616. The minimum Gasteiger partial charge on any atom is -0.481 e. The zero-order valence-corrected chi connectivity index (χ0v) is 14.5. The Balaban J connectivity index is 2.13. The second kappa shape index (κ2) is 5.22. The molecule has 1 saturated carbocycles. The molecule has 122 valence electrons. The number of carboxylic acid groups (broad SMARTS) is 1. The van der Waals surface area contributed by atoms with Crippen LogP contribution in [0.2, 0.25) is 0 Å². The molecule has 1 aliphatic carbocycles. The largest absolute Gasteiger partial charge is 0.481 e. The van der Waals surface area contributed by atoms with Crippen LogP contribution in [0.5, 0.6) is 0 Å². The van der Waals surface area contributed by atoms with Crippen molar-refractivity contribution in [2.75, 3.05) is 5.32 Å². The van der Waals surface area contributed by atoms with Crippen LogP contribution in [0.4, 0.5) is 9.93 Å². The molecule has 2 rings (SSSR count). The minimum absolute atomic E-state index is 0.0586. The van der Waals surface area contributed by atoms with E-state index in [1.165, 1.54) is 11.3 Å². The van der Waals surface area contributed by atoms with E-state index in [1.54, 1.807) is 20.8 Å². The molecule has 1 aromatic rings. The van der Waals surface area contributed by atoms with Crippen molar-refractivity contribution < 1.29 is 19.4 Å². The number of nitrogens with one attached hydrogen (secondary N) is 1. The van der Waals surface area contributed by atoms with Gasteiger partial charge in [-0.3, -0.25) is 10.1 Å². The maximum absolute atomic E-state index is 11.8. The molecule has 2 N–H and O–H groups in total. The molecule has 1 aromatic heterocycles. The summed E-state index contributed by atoms with van der Waals surface area (Å²) in [6.45, 7) is 11.1. The third-order valence-corrected chi connectivity index (χ3v) is 4.97. The molecule has 0 spiro atoms. The van der Waals surface area contributed by atoms with E-state index >= 15 is 0 Å². The molecule has 1 aliphatic rings. The standard InChI is InChI=1S/C15H22N2O4S/c1-7-10(8-9(11(18)19)15(8,5)6)22-12(16-7)17-13(20)21-14(2,3)4/h8-9H,1-6H3,(H,18,19)(H,16,17,20). The molecule has 1 amide bonds. The van der Waals surface area contributed by atoms with Gasteiger partial charge in [-0.1, -0.05) is 13.8 Å². The van der Waals surface area contributed by atoms with Gasteiger partial charge in [-0.05, 0) is 33.1 Å². The van der Waals surface area contributed by atoms with Gasteiger partial charge in [0.1, 0.15) is 5.60 Å². The number of ether oxygens (including phenoxy) is 1. The normalized spacial score (nSPS) is 23.0. The smallest absolute Gasteiger partial charge is 0.413 e. The number of nitrogens with zero attached hydrogens (tertiary/aromatic N) is 1. The second-order valence-corrected chi connectivity index (χ2v) is 8.24. The van der Waals surface area contributed by atoms with E-state index in [2.05, 4.69) is 10.3 Å². The number of carboxylic acids is 1. The minimum atomic E-state index is -0.788. The van der Waals surface area contributed by atoms with Gasteiger partial charge in [-0.25, -0.2) is 9.78 Å². The number of anilines is 1. The van der Waals surface area contributed by atoms with E-state index in [0.717, 1.165) is 10.6 Å². The van der Waals surface area contributed by atoms with Gasteiger partial charge in [0.2, 0.25) is 0 Å². The summed E-state index contributed by atoms with van der Waals surface area (Å²) in [5.41, 5.74) is -0.101. The molecule has 7 heteroatoms. The van der Waals surface area contributed by atoms with Gasteiger partial charge in [0.05, 0.1) is 11.6 Å². The van der Waals surface area contributed by atoms with Crippen LogP contribution in [0, 0.1) is 18.3 Å². The fourth-order valence-corrected chi connectivity index (χ4v) is 4.01. The van der Waals surface area contributed by atoms with Crippen molar-refractivity contribution in [2.45, 2.75) is 53.1 Å². The van der Waals surface area contributed by atoms with E-state index in [4.69, 9.17) is 4.74 Å². The monoisotopic (exact) mass is 326 g/mol. The predicted molar refractivity (Wildman–Crippen MR) is 84.4 cm³/mol. The molecule has 0 aliphatic heterocycles. The number of aliphatic carboxylic acids is 1. The van der Waals surface area contributed by atoms with Crippen LogP contribution < -0.4 is 5.32 Å². The van der Waals surface area contributed by atoms with Crippen molar-refractivity contribution in [1.29, 1.82) is 0 Å². The van der Waals surface area contributed by atoms with E-state index in [1.807, 2.05) is 20.8 Å². The summed E-state index contributed by atoms with van der Waals surface area (Å²) in [6, 6.07) is 0. The molecule has 0 saturated heterocycles. The van der Waals surface area contributed by atoms with Crippen LogP contribution in [-0.4, -0.2) is 27.8 Å². The molecule has 0 bridgehead atoms. The quantitative estimate of drug-likeness (QED) is 0.885. The van der Waals surface area contributed by atoms with Crippen LogP contribution in [0.15, 0.2) is 0 Å². The van der Waals surface area contributed by atoms with Crippen LogP contribution in [0.1, 0.15) is 51.1 Å². The molecular formula is C15H22N2O4S. The first-order chi connectivity index (χ1) is 9.93. The summed E-state index contributed by atoms with van der Waals surface area (Å²) < 4.78 is 5.19. The number of aromatic nitrogens is 1. The number of carbonyl (C=O) groups excluding carboxylic acids is 1. The lowest BCUT2D eigenvalue weighted by molar-refractivity contribution is -0.139. The van der Waals surface area contributed by atoms with E-state index in [-0.39, 0.29) is 11.3 Å². The third kappa shape index (κ3) is 3.24. The summed E-state index contributed by atoms with van der Waals surface area (Å²) >= 11 is 1.32. The van der Waals surface area contributed by atoms with Gasteiger partial charge < -0.3 is 9.84 Å². The van der Waals surface area contributed by atoms with Crippen LogP contribution in [0.25, 0.3) is 0 Å². The zero-order valence-electron chi connectivity index (χ0n) is 13.7. The topological polar surface area (TPSA) is 88.5 Å². The van der Waals surface area contributed by atoms with Crippen molar-refractivity contribution >= 4 is 28.5 Å². The summed E-state index contributed by atoms with van der Waals surface area (Å²) in [4.78, 5) is 28.3. The SMILES string of the molecule is Cc1nc(NC(=O)OC(C)(C)C)sc1C1C(C(=O)O)C1(C)C. The summed E-state index contributed by atoms with van der Waals surface area (Å²) in [7, 11) is 0. The van der Waals surface area contributed by atoms with Crippen molar-refractivity contribution in [3.63, 3.8) is 0 Å². The number of thiazole rings is 1. The number of aryl methyl sites for hydroxylation is 1. The summed E-state index contributed by atoms with van der Waals surface area (Å²) in [5.74, 6) is -1.25. The Morgan fingerprint density at radius 2 is 1.95 bits per heavy atom. The Kier molecular flexibility index (Phi) is 3.97. The maximum Gasteiger partial charge on any atom is 0.413 e. The number of hydrogen-bond donors (Lipinski definition) is 2. The summed E-state index contributed by atoms with van der Waals surface area (Å²) in [6.07, 6.45) is -0.558. The van der Waals surface area contributed by atoms with Crippen molar-refractivity contribution in [3.8, 4) is 0 Å². The predicted octanol–water partition coefficient (Wildman–Crippen LogP) is 3.62. The van der Waals surface area contributed by atoms with Crippen molar-refractivity contribution in [2.24, 2.45) is 11.3 Å². The van der Waals surface area contributed by atoms with Crippen molar-refractivity contribution in [1.82, 2.24) is 4.98 Å². The highest BCUT2D eigenvalue weighted by molar-refractivity contribution is 7.16. The van der Waals surface area contributed by atoms with E-state index in [0.29, 0.717) is 5.13 Å². The Labute approximate surface area is 133 Å². The first kappa shape index (κ1) is 16.7. The van der Waals surface area contributed by atoms with Gasteiger partial charge in [-0.15, -0.1) is 11.3 Å². The molecule has 6 nitrogen and oxygen atoms in total. The Morgan fingerprint density at radius 3 is 2.41 bits per heavy atom. The Morgan fingerprint density at radius 1 is 1.36 bits per heavy atom. The van der Waals surface area contributed by atoms with Gasteiger partial charge >= 0.3 is 12.1 Å². The number of carbonyl (C=O) groups is 2. The average Bonchev–Trinajstić information content (AvgIpc) is 2.67. The molecule has 0 aromatic carbocycles. The number of amides is 1. The number of hydrogen-bond acceptors (Lipinski definition) is 5. The molecular weight excluding hydrogens is 304 g/mol. The molecule has 22 heavy (non-hydrogen) atoms. The molecule has 0 radical (unpaired) electrons. The maximum atomic E-state index is 11.8. The molecule has 1 fully saturated rings. The second-order valence-electron chi connectivity index (χ2n) is 7.21. The van der Waals surface area contributed by atoms with Crippen LogP contribution in [-0.2, 0) is 9.53 Å². The first-order valence-corrected chi connectivity index (χ1v) is 7.95. The molecule has 2 atom stereocenters. The number of rotatable bonds is 3. The van der Waals surface area contributed by atoms with Gasteiger partial charge in [0.25, 0.3) is 0 Å². The molecule has 1 heterocycles. The highest BCUT2D eigenvalue weighted by atomic mass is 32.1. The van der Waals surface area contributed by atoms with Gasteiger partial charge in [0, 0.05) is 10.8 Å². The lowest BCUT2D eigenvalue weighted by atomic mass is 10.1. The van der Waals surface area contributed by atoms with Gasteiger partial charge in [-0.2, -0.15) is 0 Å². The van der Waals surface area contributed by atoms with Crippen LogP contribution >= 0.6 is 11.3 Å². The lowest BCUT2D eigenvalue weighted by Crippen LogP contribution is -2.27. The van der Waals surface area contributed by atoms with Crippen LogP contribution in [0.3, 0.4) is 0 Å². The zero-order chi connectivity index (χ0) is 16.9. The molecule has 2 unspecified atom stereocenters. The van der Waals surface area contributed by atoms with E-state index in [9.17, 15) is 14.7 Å². The highest BCUT2D eigenvalue weighted by Gasteiger charge is 2.63. The lowest BCUT2D eigenvalue weighted by Gasteiger charge is -2.18. The fraction of sp³-hybridized carbons (Fsp3) is 0.667. The highest BCUT2D eigenvalue weighted by Crippen LogP contribution is 2.66.